The van der Waals surface area contributed by atoms with Gasteiger partial charge in [0.05, 0.1) is 16.3 Å². The molecule has 0 saturated carbocycles. The highest BCUT2D eigenvalue weighted by molar-refractivity contribution is 6.31. The second-order valence-corrected chi connectivity index (χ2v) is 9.17. The molecule has 3 amide bonds. The van der Waals surface area contributed by atoms with Crippen LogP contribution in [-0.2, 0) is 9.59 Å². The first-order valence-electron chi connectivity index (χ1n) is 11.4. The molecule has 10 nitrogen and oxygen atoms in total. The summed E-state index contributed by atoms with van der Waals surface area (Å²) >= 11 is 6.06. The molecule has 1 unspecified atom stereocenters. The number of fused-ring (bicyclic) bond motifs is 1. The van der Waals surface area contributed by atoms with Gasteiger partial charge in [-0.15, -0.1) is 5.10 Å². The van der Waals surface area contributed by atoms with E-state index in [4.69, 9.17) is 17.3 Å². The van der Waals surface area contributed by atoms with E-state index in [9.17, 15) is 18.8 Å². The summed E-state index contributed by atoms with van der Waals surface area (Å²) < 4.78 is 30.7. The van der Waals surface area contributed by atoms with Crippen LogP contribution in [0.4, 0.5) is 14.5 Å². The molecule has 0 aliphatic carbocycles. The number of aromatic nitrogens is 4. The van der Waals surface area contributed by atoms with Gasteiger partial charge < -0.3 is 16.0 Å². The smallest absolute Gasteiger partial charge is 0.251 e. The fourth-order valence-electron chi connectivity index (χ4n) is 4.90. The summed E-state index contributed by atoms with van der Waals surface area (Å²) in [5, 5.41) is 13.5. The highest BCUT2D eigenvalue weighted by Crippen LogP contribution is 2.38. The molecule has 13 heteroatoms. The third-order valence-corrected chi connectivity index (χ3v) is 6.89. The first-order valence-corrected chi connectivity index (χ1v) is 11.8. The number of nitrogens with two attached hydrogens (primary N) is 1. The van der Waals surface area contributed by atoms with E-state index in [-0.39, 0.29) is 27.9 Å². The molecule has 2 aliphatic heterocycles. The molecule has 1 saturated heterocycles. The molecule has 3 heterocycles. The lowest BCUT2D eigenvalue weighted by Gasteiger charge is -2.27. The van der Waals surface area contributed by atoms with Gasteiger partial charge in [0, 0.05) is 23.4 Å². The van der Waals surface area contributed by atoms with Crippen LogP contribution < -0.4 is 11.1 Å². The van der Waals surface area contributed by atoms with Gasteiger partial charge in [0.15, 0.2) is 5.82 Å². The minimum absolute atomic E-state index is 0.111. The van der Waals surface area contributed by atoms with Crippen molar-refractivity contribution in [2.24, 2.45) is 5.73 Å². The van der Waals surface area contributed by atoms with E-state index in [0.29, 0.717) is 36.9 Å². The van der Waals surface area contributed by atoms with Crippen molar-refractivity contribution in [2.75, 3.05) is 5.32 Å². The normalized spacial score (nSPS) is 19.3. The largest absolute Gasteiger partial charge is 0.366 e. The van der Waals surface area contributed by atoms with Gasteiger partial charge in [-0.1, -0.05) is 11.6 Å². The summed E-state index contributed by atoms with van der Waals surface area (Å²) in [7, 11) is 0. The van der Waals surface area contributed by atoms with Crippen LogP contribution in [0.15, 0.2) is 42.7 Å². The topological polar surface area (TPSA) is 136 Å². The quantitative estimate of drug-likeness (QED) is 0.523. The maximum atomic E-state index is 15.2. The van der Waals surface area contributed by atoms with Gasteiger partial charge in [-0.05, 0) is 72.0 Å². The minimum Gasteiger partial charge on any atom is -0.366 e. The van der Waals surface area contributed by atoms with E-state index < -0.39 is 35.4 Å². The zero-order valence-corrected chi connectivity index (χ0v) is 20.0. The summed E-state index contributed by atoms with van der Waals surface area (Å²) in [4.78, 5) is 39.2. The lowest BCUT2D eigenvalue weighted by molar-refractivity contribution is -0.134. The third-order valence-electron chi connectivity index (χ3n) is 6.60. The summed E-state index contributed by atoms with van der Waals surface area (Å²) in [6, 6.07) is 5.42. The summed E-state index contributed by atoms with van der Waals surface area (Å²) in [6.45, 7) is 0. The van der Waals surface area contributed by atoms with Crippen LogP contribution in [0.3, 0.4) is 0 Å². The Bertz CT molecular complexity index is 1440. The fourth-order valence-corrected chi connectivity index (χ4v) is 5.06. The van der Waals surface area contributed by atoms with Crippen molar-refractivity contribution in [1.82, 2.24) is 25.1 Å². The molecular weight excluding hydrogens is 508 g/mol. The number of hydrogen-bond acceptors (Lipinski definition) is 6. The number of rotatable bonds is 5. The minimum atomic E-state index is -0.925. The Labute approximate surface area is 214 Å². The van der Waals surface area contributed by atoms with Gasteiger partial charge in [0.1, 0.15) is 18.2 Å². The summed E-state index contributed by atoms with van der Waals surface area (Å²) in [5.41, 5.74) is 5.79. The van der Waals surface area contributed by atoms with Crippen molar-refractivity contribution in [3.05, 3.63) is 70.5 Å². The lowest BCUT2D eigenvalue weighted by atomic mass is 9.96. The van der Waals surface area contributed by atoms with Crippen molar-refractivity contribution in [1.29, 1.82) is 0 Å². The number of carbonyl (C=O) groups excluding carboxylic acids is 3. The molecule has 0 spiro atoms. The number of benzene rings is 2. The van der Waals surface area contributed by atoms with Crippen molar-refractivity contribution < 1.29 is 23.2 Å². The monoisotopic (exact) mass is 527 g/mol. The number of nitrogens with zero attached hydrogens (tertiary/aromatic N) is 5. The zero-order valence-electron chi connectivity index (χ0n) is 19.2. The fraction of sp³-hybridized carbons (Fsp3) is 0.250. The number of hydrogen-bond donors (Lipinski definition) is 2. The van der Waals surface area contributed by atoms with Gasteiger partial charge in [-0.25, -0.2) is 8.78 Å². The number of carbonyl (C=O) groups is 3. The predicted octanol–water partition coefficient (Wildman–Crippen LogP) is 2.87. The second-order valence-electron chi connectivity index (χ2n) is 8.76. The molecule has 190 valence electrons. The average Bonchev–Trinajstić information content (AvgIpc) is 3.51. The van der Waals surface area contributed by atoms with Crippen LogP contribution in [0.2, 0.25) is 5.02 Å². The molecule has 2 aromatic carbocycles. The zero-order chi connectivity index (χ0) is 26.3. The summed E-state index contributed by atoms with van der Waals surface area (Å²) in [6.07, 6.45) is 4.45. The van der Waals surface area contributed by atoms with E-state index in [1.54, 1.807) is 6.07 Å². The van der Waals surface area contributed by atoms with E-state index in [1.807, 2.05) is 0 Å². The Hall–Kier alpha value is -4.19. The number of primary amides is 1. The summed E-state index contributed by atoms with van der Waals surface area (Å²) in [5.74, 6) is -3.44. The van der Waals surface area contributed by atoms with E-state index in [2.05, 4.69) is 20.8 Å². The maximum Gasteiger partial charge on any atom is 0.251 e. The Morgan fingerprint density at radius 2 is 1.95 bits per heavy atom. The predicted molar refractivity (Wildman–Crippen MR) is 129 cm³/mol. The Morgan fingerprint density at radius 3 is 2.65 bits per heavy atom. The van der Waals surface area contributed by atoms with E-state index in [1.165, 1.54) is 40.2 Å². The molecule has 5 rings (SSSR count). The number of tetrazole rings is 1. The number of nitrogens with one attached hydrogen (secondary N) is 1. The maximum absolute atomic E-state index is 15.2. The first kappa shape index (κ1) is 24.5. The Balaban J connectivity index is 1.43. The number of allylic oxidation sites excluding steroid dienone is 1. The van der Waals surface area contributed by atoms with Crippen molar-refractivity contribution >= 4 is 40.6 Å². The molecular formula is C24H20ClF2N7O3. The highest BCUT2D eigenvalue weighted by atomic mass is 35.5. The van der Waals surface area contributed by atoms with Gasteiger partial charge >= 0.3 is 0 Å². The van der Waals surface area contributed by atoms with Crippen LogP contribution in [0, 0.1) is 11.6 Å². The Morgan fingerprint density at radius 1 is 1.14 bits per heavy atom. The van der Waals surface area contributed by atoms with Gasteiger partial charge in [-0.3, -0.25) is 14.4 Å². The van der Waals surface area contributed by atoms with Gasteiger partial charge in [-0.2, -0.15) is 4.68 Å². The van der Waals surface area contributed by atoms with Crippen LogP contribution in [0.25, 0.3) is 11.3 Å². The van der Waals surface area contributed by atoms with E-state index in [0.717, 1.165) is 6.07 Å². The second kappa shape index (κ2) is 9.69. The van der Waals surface area contributed by atoms with Crippen molar-refractivity contribution in [2.45, 2.75) is 37.8 Å². The third kappa shape index (κ3) is 4.55. The van der Waals surface area contributed by atoms with E-state index >= 15 is 4.39 Å². The van der Waals surface area contributed by atoms with Crippen LogP contribution in [0.1, 0.15) is 41.6 Å². The first-order chi connectivity index (χ1) is 17.7. The molecule has 0 radical (unpaired) electrons. The molecule has 0 bridgehead atoms. The number of anilines is 1. The van der Waals surface area contributed by atoms with Crippen LogP contribution >= 0.6 is 11.6 Å². The average molecular weight is 528 g/mol. The molecule has 2 aliphatic rings. The standard InChI is InChI=1S/C24H20ClF2N7O3/c25-16-6-8-18(33-11-29-31-32-33)21(22(16)27)12-1-3-14-4-7-19(34(14)20(35)9-12)24(37)30-13-2-5-15(23(28)36)17(26)10-13/h2,5-6,8-11,14,19H,1,3-4,7H2,(H2,28,36)(H,30,37)/t14-,19?/m0/s1. The van der Waals surface area contributed by atoms with Crippen LogP contribution in [-0.4, -0.2) is 54.9 Å². The highest BCUT2D eigenvalue weighted by Gasteiger charge is 2.41. The molecule has 37 heavy (non-hydrogen) atoms. The molecule has 1 aromatic heterocycles. The SMILES string of the molecule is NC(=O)c1ccc(NC(=O)C2CC[C@@H]3CCC(c4c(-n5cnnn5)ccc(Cl)c4F)=CC(=O)N23)cc1F. The molecule has 3 N–H and O–H groups in total. The van der Waals surface area contributed by atoms with Gasteiger partial charge in [0.2, 0.25) is 11.8 Å². The molecule has 2 atom stereocenters. The number of amides is 3. The molecule has 3 aromatic rings. The number of halogens is 3. The Kier molecular flexibility index (Phi) is 6.42. The van der Waals surface area contributed by atoms with Gasteiger partial charge in [0.25, 0.3) is 5.91 Å². The lowest BCUT2D eigenvalue weighted by Crippen LogP contribution is -2.45. The van der Waals surface area contributed by atoms with Crippen LogP contribution in [0.5, 0.6) is 0 Å². The molecule has 1 fully saturated rings. The van der Waals surface area contributed by atoms with Crippen molar-refractivity contribution in [3.8, 4) is 5.69 Å². The van der Waals surface area contributed by atoms with Crippen molar-refractivity contribution in [3.63, 3.8) is 0 Å².